The van der Waals surface area contributed by atoms with E-state index in [0.29, 0.717) is 0 Å². The number of hydrogen-bond acceptors (Lipinski definition) is 2. The van der Waals surface area contributed by atoms with Gasteiger partial charge in [0, 0.05) is 43.0 Å². The molecule has 0 N–H and O–H groups in total. The molecule has 3 heteroatoms. The lowest BCUT2D eigenvalue weighted by Crippen LogP contribution is -2.11. The van der Waals surface area contributed by atoms with Crippen molar-refractivity contribution in [1.29, 1.82) is 0 Å². The highest BCUT2D eigenvalue weighted by Gasteiger charge is 2.23. The van der Waals surface area contributed by atoms with Gasteiger partial charge in [0.15, 0.2) is 0 Å². The number of thiophene rings is 1. The summed E-state index contributed by atoms with van der Waals surface area (Å²) in [7, 11) is 0. The lowest BCUT2D eigenvalue weighted by molar-refractivity contribution is 1.18. The summed E-state index contributed by atoms with van der Waals surface area (Å²) in [5, 5.41) is 12.5. The lowest BCUT2D eigenvalue weighted by Gasteiger charge is -2.28. The number of aromatic nitrogens is 1. The van der Waals surface area contributed by atoms with E-state index in [2.05, 4.69) is 240 Å². The van der Waals surface area contributed by atoms with E-state index in [0.717, 1.165) is 17.1 Å². The monoisotopic (exact) mass is 818 g/mol. The Morgan fingerprint density at radius 1 is 0.349 bits per heavy atom. The molecule has 0 fully saturated rings. The number of nitrogens with zero attached hydrogens (tertiary/aromatic N) is 2. The quantitative estimate of drug-likeness (QED) is 0.162. The molecular formula is C60H38N2S. The standard InChI is InChI=1S/C60H38N2S/c1-2-15-39(16-3-1)42-20-12-21-43(37-42)61-54-29-11-10-26-51(54)53-38-44(32-34-56(53)61)62(57-30-14-28-52-59-46-23-7-5-18-41(46)31-36-58(59)63-60(52)57)55-35-33-49(48-24-8-9-25-50(48)55)47-27-13-19-40-17-4-6-22-45(40)47/h1-38H. The van der Waals surface area contributed by atoms with Crippen LogP contribution < -0.4 is 4.90 Å². The van der Waals surface area contributed by atoms with Crippen molar-refractivity contribution >= 4 is 103 Å². The first kappa shape index (κ1) is 35.7. The molecule has 2 heterocycles. The second-order valence-electron chi connectivity index (χ2n) is 16.4. The van der Waals surface area contributed by atoms with E-state index in [-0.39, 0.29) is 0 Å². The highest BCUT2D eigenvalue weighted by Crippen LogP contribution is 2.50. The Hall–Kier alpha value is -7.98. The molecule has 0 spiro atoms. The maximum Gasteiger partial charge on any atom is 0.0640 e. The molecule has 2 nitrogen and oxygen atoms in total. The normalized spacial score (nSPS) is 11.8. The van der Waals surface area contributed by atoms with Crippen LogP contribution in [0.3, 0.4) is 0 Å². The Morgan fingerprint density at radius 2 is 0.984 bits per heavy atom. The Bertz CT molecular complexity index is 3930. The van der Waals surface area contributed by atoms with Gasteiger partial charge in [-0.15, -0.1) is 11.3 Å². The minimum Gasteiger partial charge on any atom is -0.309 e. The first-order valence-electron chi connectivity index (χ1n) is 21.6. The number of anilines is 3. The van der Waals surface area contributed by atoms with Crippen molar-refractivity contribution in [2.45, 2.75) is 0 Å². The van der Waals surface area contributed by atoms with Crippen molar-refractivity contribution in [2.24, 2.45) is 0 Å². The average Bonchev–Trinajstić information content (AvgIpc) is 3.91. The first-order valence-corrected chi connectivity index (χ1v) is 22.4. The Balaban J connectivity index is 1.08. The van der Waals surface area contributed by atoms with E-state index in [4.69, 9.17) is 0 Å². The van der Waals surface area contributed by atoms with E-state index in [1.54, 1.807) is 0 Å². The summed E-state index contributed by atoms with van der Waals surface area (Å²) in [5.41, 5.74) is 11.8. The zero-order valence-corrected chi connectivity index (χ0v) is 35.1. The van der Waals surface area contributed by atoms with Gasteiger partial charge in [-0.3, -0.25) is 0 Å². The zero-order valence-electron chi connectivity index (χ0n) is 34.2. The molecule has 13 aromatic rings. The Labute approximate surface area is 368 Å². The van der Waals surface area contributed by atoms with E-state index in [1.165, 1.54) is 102 Å². The third-order valence-electron chi connectivity index (χ3n) is 13.0. The summed E-state index contributed by atoms with van der Waals surface area (Å²) in [5.74, 6) is 0. The molecule has 0 bridgehead atoms. The fourth-order valence-electron chi connectivity index (χ4n) is 10.1. The third kappa shape index (κ3) is 5.64. The maximum absolute atomic E-state index is 2.52. The van der Waals surface area contributed by atoms with Crippen molar-refractivity contribution in [2.75, 3.05) is 4.90 Å². The van der Waals surface area contributed by atoms with Crippen LogP contribution in [0.25, 0.3) is 102 Å². The van der Waals surface area contributed by atoms with Gasteiger partial charge < -0.3 is 9.47 Å². The summed E-state index contributed by atoms with van der Waals surface area (Å²) >= 11 is 1.89. The molecule has 0 aliphatic rings. The van der Waals surface area contributed by atoms with Crippen molar-refractivity contribution in [3.8, 4) is 27.9 Å². The molecule has 0 atom stereocenters. The molecule has 0 amide bonds. The minimum atomic E-state index is 1.11. The van der Waals surface area contributed by atoms with Gasteiger partial charge >= 0.3 is 0 Å². The highest BCUT2D eigenvalue weighted by molar-refractivity contribution is 7.26. The summed E-state index contributed by atoms with van der Waals surface area (Å²) in [6.45, 7) is 0. The van der Waals surface area contributed by atoms with E-state index >= 15 is 0 Å². The number of fused-ring (bicyclic) bond motifs is 10. The second-order valence-corrected chi connectivity index (χ2v) is 17.5. The van der Waals surface area contributed by atoms with Gasteiger partial charge in [-0.1, -0.05) is 176 Å². The zero-order chi connectivity index (χ0) is 41.4. The maximum atomic E-state index is 2.52. The average molecular weight is 819 g/mol. The van der Waals surface area contributed by atoms with Gasteiger partial charge in [-0.05, 0) is 104 Å². The molecule has 2 aromatic heterocycles. The molecule has 0 saturated carbocycles. The molecule has 13 rings (SSSR count). The molecule has 0 aliphatic carbocycles. The summed E-state index contributed by atoms with van der Waals surface area (Å²) < 4.78 is 4.99. The smallest absolute Gasteiger partial charge is 0.0640 e. The van der Waals surface area contributed by atoms with Gasteiger partial charge in [-0.25, -0.2) is 0 Å². The Morgan fingerprint density at radius 3 is 1.86 bits per heavy atom. The van der Waals surface area contributed by atoms with Crippen LogP contribution in [0.1, 0.15) is 0 Å². The fourth-order valence-corrected chi connectivity index (χ4v) is 11.4. The predicted molar refractivity (Wildman–Crippen MR) is 272 cm³/mol. The minimum absolute atomic E-state index is 1.11. The third-order valence-corrected chi connectivity index (χ3v) is 14.1. The molecule has 294 valence electrons. The molecule has 11 aromatic carbocycles. The number of rotatable bonds is 6. The van der Waals surface area contributed by atoms with Crippen molar-refractivity contribution in [3.05, 3.63) is 231 Å². The van der Waals surface area contributed by atoms with Crippen molar-refractivity contribution in [3.63, 3.8) is 0 Å². The Kier molecular flexibility index (Phi) is 8.12. The van der Waals surface area contributed by atoms with E-state index in [9.17, 15) is 0 Å². The van der Waals surface area contributed by atoms with Crippen molar-refractivity contribution in [1.82, 2.24) is 4.57 Å². The molecule has 63 heavy (non-hydrogen) atoms. The van der Waals surface area contributed by atoms with Gasteiger partial charge in [0.1, 0.15) is 0 Å². The molecule has 0 radical (unpaired) electrons. The molecule has 0 aliphatic heterocycles. The first-order chi connectivity index (χ1) is 31.3. The SMILES string of the molecule is c1ccc(-c2cccc(-n3c4ccccc4c4cc(N(c5ccc(-c6cccc7ccccc67)c6ccccc56)c5cccc6c5sc5ccc7ccccc7c56)ccc43)c2)cc1. The fraction of sp³-hybridized carbons (Fsp3) is 0. The second kappa shape index (κ2) is 14.3. The molecular weight excluding hydrogens is 781 g/mol. The number of hydrogen-bond donors (Lipinski definition) is 0. The summed E-state index contributed by atoms with van der Waals surface area (Å²) in [4.78, 5) is 2.52. The van der Waals surface area contributed by atoms with Crippen LogP contribution >= 0.6 is 11.3 Å². The van der Waals surface area contributed by atoms with Crippen LogP contribution in [0.2, 0.25) is 0 Å². The largest absolute Gasteiger partial charge is 0.309 e. The van der Waals surface area contributed by atoms with Crippen LogP contribution in [-0.2, 0) is 0 Å². The van der Waals surface area contributed by atoms with Crippen LogP contribution in [0.4, 0.5) is 17.1 Å². The van der Waals surface area contributed by atoms with Crippen LogP contribution in [0.5, 0.6) is 0 Å². The van der Waals surface area contributed by atoms with Crippen molar-refractivity contribution < 1.29 is 0 Å². The van der Waals surface area contributed by atoms with E-state index in [1.807, 2.05) is 11.3 Å². The van der Waals surface area contributed by atoms with Crippen LogP contribution in [0.15, 0.2) is 231 Å². The van der Waals surface area contributed by atoms with Gasteiger partial charge in [0.25, 0.3) is 0 Å². The van der Waals surface area contributed by atoms with Crippen LogP contribution in [0, 0.1) is 0 Å². The topological polar surface area (TPSA) is 8.17 Å². The van der Waals surface area contributed by atoms with E-state index < -0.39 is 0 Å². The van der Waals surface area contributed by atoms with Gasteiger partial charge in [0.05, 0.1) is 27.1 Å². The summed E-state index contributed by atoms with van der Waals surface area (Å²) in [6.07, 6.45) is 0. The van der Waals surface area contributed by atoms with Crippen LogP contribution in [-0.4, -0.2) is 4.57 Å². The molecule has 0 saturated heterocycles. The highest BCUT2D eigenvalue weighted by atomic mass is 32.1. The van der Waals surface area contributed by atoms with Gasteiger partial charge in [0.2, 0.25) is 0 Å². The summed E-state index contributed by atoms with van der Waals surface area (Å²) in [6, 6.07) is 84.8. The van der Waals surface area contributed by atoms with Gasteiger partial charge in [-0.2, -0.15) is 0 Å². The number of para-hydroxylation sites is 1. The molecule has 0 unspecified atom stereocenters. The lowest BCUT2D eigenvalue weighted by atomic mass is 9.93. The number of benzene rings is 11. The predicted octanol–water partition coefficient (Wildman–Crippen LogP) is 17.4.